The van der Waals surface area contributed by atoms with Gasteiger partial charge in [-0.05, 0) is 30.7 Å². The lowest BCUT2D eigenvalue weighted by molar-refractivity contribution is -0.137. The van der Waals surface area contributed by atoms with Gasteiger partial charge >= 0.3 is 6.18 Å². The van der Waals surface area contributed by atoms with Crippen molar-refractivity contribution in [1.82, 2.24) is 9.47 Å². The molecule has 1 saturated heterocycles. The summed E-state index contributed by atoms with van der Waals surface area (Å²) in [5.41, 5.74) is 2.70. The molecule has 0 radical (unpaired) electrons. The molecule has 1 atom stereocenters. The molecule has 1 aliphatic heterocycles. The summed E-state index contributed by atoms with van der Waals surface area (Å²) < 4.78 is 47.4. The van der Waals surface area contributed by atoms with E-state index in [0.29, 0.717) is 6.61 Å². The molecule has 2 heterocycles. The fourth-order valence-electron chi connectivity index (χ4n) is 3.55. The number of nitrogens with zero attached hydrogens (tertiary/aromatic N) is 2. The highest BCUT2D eigenvalue weighted by Gasteiger charge is 2.34. The Kier molecular flexibility index (Phi) is 5.00. The van der Waals surface area contributed by atoms with Crippen molar-refractivity contribution in [1.29, 1.82) is 0 Å². The van der Waals surface area contributed by atoms with Gasteiger partial charge in [0.25, 0.3) is 0 Å². The number of alkyl halides is 3. The van der Waals surface area contributed by atoms with Crippen molar-refractivity contribution in [3.8, 4) is 5.69 Å². The van der Waals surface area contributed by atoms with E-state index in [1.165, 1.54) is 27.8 Å². The lowest BCUT2D eigenvalue weighted by Gasteiger charge is -2.22. The second-order valence-corrected chi connectivity index (χ2v) is 7.05. The van der Waals surface area contributed by atoms with Gasteiger partial charge in [0.1, 0.15) is 6.23 Å². The maximum Gasteiger partial charge on any atom is 0.418 e. The number of halogens is 3. The van der Waals surface area contributed by atoms with Gasteiger partial charge in [0.05, 0.1) is 17.9 Å². The molecule has 1 aromatic heterocycles. The van der Waals surface area contributed by atoms with Crippen LogP contribution in [0.3, 0.4) is 0 Å². The normalized spacial score (nSPS) is 17.9. The van der Waals surface area contributed by atoms with Crippen LogP contribution in [-0.2, 0) is 17.5 Å². The molecule has 0 aliphatic carbocycles. The molecule has 1 aliphatic rings. The number of rotatable bonds is 4. The maximum atomic E-state index is 13.3. The van der Waals surface area contributed by atoms with Crippen LogP contribution >= 0.6 is 0 Å². The summed E-state index contributed by atoms with van der Waals surface area (Å²) in [6, 6.07) is 15.8. The fraction of sp³-hybridized carbons (Fsp3) is 0.273. The standard InChI is InChI=1S/C22H21F3N2O/c1-16-6-8-17(9-7-16)14-27-12-13-28-21(27)18-10-11-26(15-18)20-5-3-2-4-19(20)22(23,24)25/h2-11,15,21H,12-14H2,1H3. The zero-order valence-corrected chi connectivity index (χ0v) is 15.5. The zero-order chi connectivity index (χ0) is 19.7. The Labute approximate surface area is 162 Å². The van der Waals surface area contributed by atoms with Crippen LogP contribution in [-0.4, -0.2) is 22.6 Å². The summed E-state index contributed by atoms with van der Waals surface area (Å²) in [5, 5.41) is 0. The summed E-state index contributed by atoms with van der Waals surface area (Å²) >= 11 is 0. The van der Waals surface area contributed by atoms with E-state index >= 15 is 0 Å². The Hall–Kier alpha value is -2.57. The molecule has 28 heavy (non-hydrogen) atoms. The van der Waals surface area contributed by atoms with Crippen LogP contribution in [0.4, 0.5) is 13.2 Å². The topological polar surface area (TPSA) is 17.4 Å². The SMILES string of the molecule is Cc1ccc(CN2CCOC2c2ccn(-c3ccccc3C(F)(F)F)c2)cc1. The number of hydrogen-bond acceptors (Lipinski definition) is 2. The van der Waals surface area contributed by atoms with Crippen LogP contribution in [0.15, 0.2) is 67.0 Å². The quantitative estimate of drug-likeness (QED) is 0.603. The van der Waals surface area contributed by atoms with E-state index in [-0.39, 0.29) is 11.9 Å². The van der Waals surface area contributed by atoms with Crippen molar-refractivity contribution in [2.75, 3.05) is 13.2 Å². The summed E-state index contributed by atoms with van der Waals surface area (Å²) in [5.74, 6) is 0. The summed E-state index contributed by atoms with van der Waals surface area (Å²) in [6.07, 6.45) is -1.28. The average Bonchev–Trinajstić information content (AvgIpc) is 3.32. The number of aromatic nitrogens is 1. The first-order valence-corrected chi connectivity index (χ1v) is 9.17. The summed E-state index contributed by atoms with van der Waals surface area (Å²) in [6.45, 7) is 4.16. The van der Waals surface area contributed by atoms with Crippen molar-refractivity contribution in [2.24, 2.45) is 0 Å². The Balaban J connectivity index is 1.58. The lowest BCUT2D eigenvalue weighted by atomic mass is 10.1. The van der Waals surface area contributed by atoms with Crippen LogP contribution < -0.4 is 0 Å². The van der Waals surface area contributed by atoms with Gasteiger partial charge in [0.15, 0.2) is 0 Å². The monoisotopic (exact) mass is 386 g/mol. The van der Waals surface area contributed by atoms with Crippen molar-refractivity contribution in [2.45, 2.75) is 25.9 Å². The Morgan fingerprint density at radius 3 is 2.54 bits per heavy atom. The van der Waals surface area contributed by atoms with Gasteiger partial charge in [-0.2, -0.15) is 13.2 Å². The van der Waals surface area contributed by atoms with Crippen molar-refractivity contribution in [3.05, 3.63) is 89.2 Å². The minimum atomic E-state index is -4.40. The molecule has 146 valence electrons. The molecule has 2 aromatic carbocycles. The Morgan fingerprint density at radius 2 is 1.79 bits per heavy atom. The molecule has 1 fully saturated rings. The predicted octanol–water partition coefficient (Wildman–Crippen LogP) is 5.34. The van der Waals surface area contributed by atoms with E-state index in [9.17, 15) is 13.2 Å². The molecule has 0 N–H and O–H groups in total. The third-order valence-corrected chi connectivity index (χ3v) is 4.98. The summed E-state index contributed by atoms with van der Waals surface area (Å²) in [7, 11) is 0. The van der Waals surface area contributed by atoms with E-state index in [4.69, 9.17) is 4.74 Å². The zero-order valence-electron chi connectivity index (χ0n) is 15.5. The second-order valence-electron chi connectivity index (χ2n) is 7.05. The van der Waals surface area contributed by atoms with Gasteiger partial charge in [0.2, 0.25) is 0 Å². The molecule has 0 bridgehead atoms. The van der Waals surface area contributed by atoms with Crippen molar-refractivity contribution >= 4 is 0 Å². The smallest absolute Gasteiger partial charge is 0.357 e. The molecule has 3 nitrogen and oxygen atoms in total. The number of para-hydroxylation sites is 1. The van der Waals surface area contributed by atoms with Gasteiger partial charge in [0, 0.05) is 31.0 Å². The van der Waals surface area contributed by atoms with E-state index in [1.54, 1.807) is 18.5 Å². The third kappa shape index (κ3) is 3.84. The highest BCUT2D eigenvalue weighted by molar-refractivity contribution is 5.44. The summed E-state index contributed by atoms with van der Waals surface area (Å²) in [4.78, 5) is 2.19. The first kappa shape index (κ1) is 18.8. The number of aryl methyl sites for hydroxylation is 1. The fourth-order valence-corrected chi connectivity index (χ4v) is 3.55. The molecule has 0 saturated carbocycles. The van der Waals surface area contributed by atoms with E-state index in [2.05, 4.69) is 29.2 Å². The first-order chi connectivity index (χ1) is 13.4. The Bertz CT molecular complexity index is 947. The van der Waals surface area contributed by atoms with Crippen molar-refractivity contribution < 1.29 is 17.9 Å². The molecule has 3 aromatic rings. The van der Waals surface area contributed by atoms with Crippen LogP contribution in [0, 0.1) is 6.92 Å². The van der Waals surface area contributed by atoms with Gasteiger partial charge in [-0.3, -0.25) is 4.90 Å². The van der Waals surface area contributed by atoms with Crippen LogP contribution in [0.25, 0.3) is 5.69 Å². The number of ether oxygens (including phenoxy) is 1. The minimum absolute atomic E-state index is 0.115. The lowest BCUT2D eigenvalue weighted by Crippen LogP contribution is -2.23. The largest absolute Gasteiger partial charge is 0.418 e. The number of hydrogen-bond donors (Lipinski definition) is 0. The number of benzene rings is 2. The predicted molar refractivity (Wildman–Crippen MR) is 101 cm³/mol. The second kappa shape index (κ2) is 7.45. The van der Waals surface area contributed by atoms with Gasteiger partial charge < -0.3 is 9.30 Å². The maximum absolute atomic E-state index is 13.3. The average molecular weight is 386 g/mol. The van der Waals surface area contributed by atoms with E-state index < -0.39 is 11.7 Å². The van der Waals surface area contributed by atoms with Gasteiger partial charge in [-0.25, -0.2) is 0 Å². The van der Waals surface area contributed by atoms with E-state index in [1.807, 2.05) is 13.0 Å². The molecular formula is C22H21F3N2O. The van der Waals surface area contributed by atoms with E-state index in [0.717, 1.165) is 24.7 Å². The third-order valence-electron chi connectivity index (χ3n) is 4.98. The first-order valence-electron chi connectivity index (χ1n) is 9.17. The van der Waals surface area contributed by atoms with Crippen LogP contribution in [0.5, 0.6) is 0 Å². The molecule has 1 unspecified atom stereocenters. The minimum Gasteiger partial charge on any atom is -0.357 e. The molecule has 0 amide bonds. The van der Waals surface area contributed by atoms with Crippen LogP contribution in [0.1, 0.15) is 28.5 Å². The molecule has 6 heteroatoms. The van der Waals surface area contributed by atoms with Crippen LogP contribution in [0.2, 0.25) is 0 Å². The Morgan fingerprint density at radius 1 is 1.04 bits per heavy atom. The van der Waals surface area contributed by atoms with Crippen molar-refractivity contribution in [3.63, 3.8) is 0 Å². The van der Waals surface area contributed by atoms with Gasteiger partial charge in [-0.1, -0.05) is 42.0 Å². The molecular weight excluding hydrogens is 365 g/mol. The van der Waals surface area contributed by atoms with Gasteiger partial charge in [-0.15, -0.1) is 0 Å². The molecule has 4 rings (SSSR count). The highest BCUT2D eigenvalue weighted by atomic mass is 19.4. The molecule has 0 spiro atoms. The highest BCUT2D eigenvalue weighted by Crippen LogP contribution is 2.35.